The van der Waals surface area contributed by atoms with E-state index in [4.69, 9.17) is 34.8 Å². The molecule has 82 valence electrons. The molecule has 1 aromatic carbocycles. The lowest BCUT2D eigenvalue weighted by Crippen LogP contribution is -1.95. The second-order valence-corrected chi connectivity index (χ2v) is 4.55. The van der Waals surface area contributed by atoms with Gasteiger partial charge in [0.25, 0.3) is 0 Å². The first kappa shape index (κ1) is 11.6. The van der Waals surface area contributed by atoms with Crippen molar-refractivity contribution in [3.05, 3.63) is 47.5 Å². The van der Waals surface area contributed by atoms with Crippen LogP contribution in [0.25, 0.3) is 11.1 Å². The fourth-order valence-electron chi connectivity index (χ4n) is 1.29. The number of alkyl halides is 2. The summed E-state index contributed by atoms with van der Waals surface area (Å²) in [7, 11) is 0. The van der Waals surface area contributed by atoms with Crippen LogP contribution in [0.5, 0.6) is 0 Å². The molecule has 2 nitrogen and oxygen atoms in total. The molecule has 0 aliphatic rings. The van der Waals surface area contributed by atoms with Gasteiger partial charge in [-0.15, -0.1) is 0 Å². The molecular formula is C11H7Cl3N2. The van der Waals surface area contributed by atoms with E-state index in [2.05, 4.69) is 9.97 Å². The molecule has 0 bridgehead atoms. The summed E-state index contributed by atoms with van der Waals surface area (Å²) in [6.07, 6.45) is 1.62. The molecule has 0 amide bonds. The van der Waals surface area contributed by atoms with E-state index in [1.165, 1.54) is 0 Å². The maximum atomic E-state index is 6.04. The number of aromatic nitrogens is 2. The summed E-state index contributed by atoms with van der Waals surface area (Å²) in [5.74, 6) is 0.313. The third-order valence-electron chi connectivity index (χ3n) is 2.04. The fourth-order valence-corrected chi connectivity index (χ4v) is 1.74. The van der Waals surface area contributed by atoms with Gasteiger partial charge in [-0.1, -0.05) is 65.1 Å². The molecule has 0 aliphatic heterocycles. The number of rotatable bonds is 2. The molecule has 0 saturated carbocycles. The van der Waals surface area contributed by atoms with E-state index < -0.39 is 4.84 Å². The van der Waals surface area contributed by atoms with Gasteiger partial charge in [0.15, 0.2) is 10.7 Å². The average molecular weight is 274 g/mol. The molecule has 2 aromatic rings. The highest BCUT2D eigenvalue weighted by atomic mass is 35.5. The highest BCUT2D eigenvalue weighted by molar-refractivity contribution is 6.43. The Morgan fingerprint density at radius 2 is 1.75 bits per heavy atom. The van der Waals surface area contributed by atoms with Crippen molar-refractivity contribution in [2.75, 3.05) is 0 Å². The average Bonchev–Trinajstić information content (AvgIpc) is 2.30. The smallest absolute Gasteiger partial charge is 0.167 e. The van der Waals surface area contributed by atoms with E-state index in [1.54, 1.807) is 6.20 Å². The molecule has 16 heavy (non-hydrogen) atoms. The molecule has 0 N–H and O–H groups in total. The van der Waals surface area contributed by atoms with Gasteiger partial charge in [0, 0.05) is 11.8 Å². The lowest BCUT2D eigenvalue weighted by molar-refractivity contribution is 1.01. The zero-order chi connectivity index (χ0) is 11.5. The minimum absolute atomic E-state index is 0.313. The molecule has 0 radical (unpaired) electrons. The summed E-state index contributed by atoms with van der Waals surface area (Å²) in [5, 5.41) is 0.350. The zero-order valence-corrected chi connectivity index (χ0v) is 10.3. The van der Waals surface area contributed by atoms with Crippen molar-refractivity contribution in [2.24, 2.45) is 0 Å². The first-order valence-electron chi connectivity index (χ1n) is 4.54. The molecular weight excluding hydrogens is 266 g/mol. The standard InChI is InChI=1S/C11H7Cl3N2/c12-9(13)11-15-6-8(10(14)16-11)7-4-2-1-3-5-7/h1-6,9H. The lowest BCUT2D eigenvalue weighted by Gasteiger charge is -2.05. The third-order valence-corrected chi connectivity index (χ3v) is 2.72. The van der Waals surface area contributed by atoms with Crippen molar-refractivity contribution in [3.8, 4) is 11.1 Å². The Bertz CT molecular complexity index is 486. The van der Waals surface area contributed by atoms with Crippen molar-refractivity contribution < 1.29 is 0 Å². The predicted molar refractivity (Wildman–Crippen MR) is 66.9 cm³/mol. The predicted octanol–water partition coefficient (Wildman–Crippen LogP) is 4.27. The van der Waals surface area contributed by atoms with Gasteiger partial charge in [0.1, 0.15) is 5.15 Å². The molecule has 1 aromatic heterocycles. The Morgan fingerprint density at radius 1 is 1.06 bits per heavy atom. The van der Waals surface area contributed by atoms with Gasteiger partial charge in [-0.05, 0) is 5.56 Å². The Hall–Kier alpha value is -0.830. The van der Waals surface area contributed by atoms with Crippen LogP contribution in [-0.2, 0) is 0 Å². The second-order valence-electron chi connectivity index (χ2n) is 3.10. The maximum absolute atomic E-state index is 6.04. The number of hydrogen-bond acceptors (Lipinski definition) is 2. The molecule has 0 unspecified atom stereocenters. The summed E-state index contributed by atoms with van der Waals surface area (Å²) in [4.78, 5) is 7.33. The summed E-state index contributed by atoms with van der Waals surface area (Å²) in [6.45, 7) is 0. The van der Waals surface area contributed by atoms with Crippen LogP contribution in [0.15, 0.2) is 36.5 Å². The molecule has 0 atom stereocenters. The lowest BCUT2D eigenvalue weighted by atomic mass is 10.1. The normalized spacial score (nSPS) is 10.8. The quantitative estimate of drug-likeness (QED) is 0.603. The Labute approximate surface area is 108 Å². The van der Waals surface area contributed by atoms with Gasteiger partial charge >= 0.3 is 0 Å². The van der Waals surface area contributed by atoms with Crippen molar-refractivity contribution in [1.29, 1.82) is 0 Å². The monoisotopic (exact) mass is 272 g/mol. The maximum Gasteiger partial charge on any atom is 0.167 e. The van der Waals surface area contributed by atoms with E-state index in [1.807, 2.05) is 30.3 Å². The van der Waals surface area contributed by atoms with E-state index in [0.717, 1.165) is 11.1 Å². The molecule has 0 saturated heterocycles. The molecule has 2 rings (SSSR count). The first-order valence-corrected chi connectivity index (χ1v) is 5.79. The van der Waals surface area contributed by atoms with Crippen LogP contribution >= 0.6 is 34.8 Å². The molecule has 1 heterocycles. The van der Waals surface area contributed by atoms with Crippen molar-refractivity contribution >= 4 is 34.8 Å². The zero-order valence-electron chi connectivity index (χ0n) is 8.07. The minimum Gasteiger partial charge on any atom is -0.238 e. The van der Waals surface area contributed by atoms with Gasteiger partial charge < -0.3 is 0 Å². The molecule has 5 heteroatoms. The summed E-state index contributed by atoms with van der Waals surface area (Å²) < 4.78 is 0. The van der Waals surface area contributed by atoms with Crippen LogP contribution in [0.4, 0.5) is 0 Å². The van der Waals surface area contributed by atoms with Gasteiger partial charge in [-0.25, -0.2) is 9.97 Å². The summed E-state index contributed by atoms with van der Waals surface area (Å²) >= 11 is 17.4. The van der Waals surface area contributed by atoms with Crippen LogP contribution < -0.4 is 0 Å². The number of benzene rings is 1. The molecule has 0 fully saturated rings. The van der Waals surface area contributed by atoms with Crippen molar-refractivity contribution in [3.63, 3.8) is 0 Å². The number of nitrogens with zero attached hydrogens (tertiary/aromatic N) is 2. The SMILES string of the molecule is Clc1nc(C(Cl)Cl)ncc1-c1ccccc1. The third kappa shape index (κ3) is 2.46. The van der Waals surface area contributed by atoms with Gasteiger partial charge in [-0.3, -0.25) is 0 Å². The van der Waals surface area contributed by atoms with E-state index in [0.29, 0.717) is 11.0 Å². The Kier molecular flexibility index (Phi) is 3.64. The Morgan fingerprint density at radius 3 is 2.31 bits per heavy atom. The van der Waals surface area contributed by atoms with Crippen LogP contribution in [0, 0.1) is 0 Å². The highest BCUT2D eigenvalue weighted by Gasteiger charge is 2.11. The number of hydrogen-bond donors (Lipinski definition) is 0. The molecule has 0 spiro atoms. The summed E-state index contributed by atoms with van der Waals surface area (Å²) in [6, 6.07) is 9.64. The van der Waals surface area contributed by atoms with Crippen LogP contribution in [-0.4, -0.2) is 9.97 Å². The van der Waals surface area contributed by atoms with Crippen molar-refractivity contribution in [2.45, 2.75) is 4.84 Å². The van der Waals surface area contributed by atoms with E-state index in [-0.39, 0.29) is 0 Å². The Balaban J connectivity index is 2.45. The largest absolute Gasteiger partial charge is 0.238 e. The van der Waals surface area contributed by atoms with Crippen molar-refractivity contribution in [1.82, 2.24) is 9.97 Å². The van der Waals surface area contributed by atoms with Gasteiger partial charge in [-0.2, -0.15) is 0 Å². The second kappa shape index (κ2) is 5.00. The van der Waals surface area contributed by atoms with Crippen LogP contribution in [0.1, 0.15) is 10.7 Å². The number of halogens is 3. The first-order chi connectivity index (χ1) is 7.68. The van der Waals surface area contributed by atoms with E-state index >= 15 is 0 Å². The van der Waals surface area contributed by atoms with Crippen LogP contribution in [0.2, 0.25) is 5.15 Å². The highest BCUT2D eigenvalue weighted by Crippen LogP contribution is 2.28. The van der Waals surface area contributed by atoms with Gasteiger partial charge in [0.2, 0.25) is 0 Å². The van der Waals surface area contributed by atoms with Crippen LogP contribution in [0.3, 0.4) is 0 Å². The van der Waals surface area contributed by atoms with Gasteiger partial charge in [0.05, 0.1) is 0 Å². The molecule has 0 aliphatic carbocycles. The summed E-state index contributed by atoms with van der Waals surface area (Å²) in [5.41, 5.74) is 1.72. The minimum atomic E-state index is -0.762. The topological polar surface area (TPSA) is 25.8 Å². The van der Waals surface area contributed by atoms with E-state index in [9.17, 15) is 0 Å². The fraction of sp³-hybridized carbons (Fsp3) is 0.0909.